The molecule has 0 atom stereocenters. The summed E-state index contributed by atoms with van der Waals surface area (Å²) in [5, 5.41) is 4.95. The van der Waals surface area contributed by atoms with Crippen molar-refractivity contribution in [1.29, 1.82) is 0 Å². The first-order chi connectivity index (χ1) is 16.5. The normalized spacial score (nSPS) is 14.8. The molecule has 3 heterocycles. The monoisotopic (exact) mass is 475 g/mol. The lowest BCUT2D eigenvalue weighted by Gasteiger charge is -2.34. The van der Waals surface area contributed by atoms with E-state index >= 15 is 0 Å². The standard InChI is InChI=1S/C25H22FN5O2S/c26-20-9-7-19(8-10-20)24-28-31-23(33)16-21(27-25(31)34-24)17-29-12-14-30(15-13-29)22(32)11-6-18-4-2-1-3-5-18/h1-11,16H,12-15,17H2. The molecule has 2 aromatic carbocycles. The minimum absolute atomic E-state index is 0.000672. The predicted octanol–water partition coefficient (Wildman–Crippen LogP) is 3.31. The Morgan fingerprint density at radius 2 is 1.76 bits per heavy atom. The summed E-state index contributed by atoms with van der Waals surface area (Å²) in [6.45, 7) is 3.17. The SMILES string of the molecule is O=C(C=Cc1ccccc1)N1CCN(Cc2cc(=O)n3nc(-c4ccc(F)cc4)sc3n2)CC1. The van der Waals surface area contributed by atoms with Crippen molar-refractivity contribution in [2.45, 2.75) is 6.54 Å². The number of carbonyl (C=O) groups excluding carboxylic acids is 1. The number of halogens is 1. The highest BCUT2D eigenvalue weighted by molar-refractivity contribution is 7.19. The molecule has 1 amide bonds. The van der Waals surface area contributed by atoms with Crippen LogP contribution in [0.1, 0.15) is 11.3 Å². The molecule has 4 aromatic rings. The lowest BCUT2D eigenvalue weighted by Crippen LogP contribution is -2.48. The summed E-state index contributed by atoms with van der Waals surface area (Å²) in [5.41, 5.74) is 2.15. The van der Waals surface area contributed by atoms with Crippen molar-refractivity contribution in [3.05, 3.63) is 94.2 Å². The summed E-state index contributed by atoms with van der Waals surface area (Å²) in [6, 6.07) is 17.2. The van der Waals surface area contributed by atoms with Crippen molar-refractivity contribution < 1.29 is 9.18 Å². The average Bonchev–Trinajstić information content (AvgIpc) is 3.29. The number of benzene rings is 2. The van der Waals surface area contributed by atoms with E-state index in [2.05, 4.69) is 15.0 Å². The largest absolute Gasteiger partial charge is 0.337 e. The number of hydrogen-bond acceptors (Lipinski definition) is 6. The Labute approximate surface area is 199 Å². The highest BCUT2D eigenvalue weighted by Crippen LogP contribution is 2.24. The van der Waals surface area contributed by atoms with Gasteiger partial charge in [-0.3, -0.25) is 14.5 Å². The molecular formula is C25H22FN5O2S. The van der Waals surface area contributed by atoms with Crippen LogP contribution >= 0.6 is 11.3 Å². The van der Waals surface area contributed by atoms with Crippen LogP contribution < -0.4 is 5.56 Å². The number of rotatable bonds is 5. The van der Waals surface area contributed by atoms with E-state index in [1.165, 1.54) is 34.1 Å². The minimum atomic E-state index is -0.323. The van der Waals surface area contributed by atoms with Crippen LogP contribution in [0.3, 0.4) is 0 Å². The van der Waals surface area contributed by atoms with Crippen molar-refractivity contribution in [1.82, 2.24) is 24.4 Å². The van der Waals surface area contributed by atoms with Gasteiger partial charge in [0, 0.05) is 50.4 Å². The van der Waals surface area contributed by atoms with Crippen LogP contribution in [0, 0.1) is 5.82 Å². The fourth-order valence-corrected chi connectivity index (χ4v) is 4.77. The first kappa shape index (κ1) is 22.1. The third-order valence-corrected chi connectivity index (χ3v) is 6.63. The van der Waals surface area contributed by atoms with E-state index in [1.807, 2.05) is 41.3 Å². The van der Waals surface area contributed by atoms with Crippen LogP contribution in [0.25, 0.3) is 21.6 Å². The fraction of sp³-hybridized carbons (Fsp3) is 0.200. The molecule has 9 heteroatoms. The summed E-state index contributed by atoms with van der Waals surface area (Å²) in [6.07, 6.45) is 3.44. The first-order valence-electron chi connectivity index (χ1n) is 11.0. The van der Waals surface area contributed by atoms with E-state index in [0.717, 1.165) is 11.1 Å². The molecule has 34 heavy (non-hydrogen) atoms. The van der Waals surface area contributed by atoms with Gasteiger partial charge in [-0.15, -0.1) is 0 Å². The van der Waals surface area contributed by atoms with Crippen molar-refractivity contribution in [3.8, 4) is 10.6 Å². The van der Waals surface area contributed by atoms with Gasteiger partial charge in [0.25, 0.3) is 5.56 Å². The molecule has 0 N–H and O–H groups in total. The molecule has 1 fully saturated rings. The van der Waals surface area contributed by atoms with Gasteiger partial charge in [0.1, 0.15) is 10.8 Å². The molecule has 0 unspecified atom stereocenters. The number of amides is 1. The second-order valence-corrected chi connectivity index (χ2v) is 9.00. The summed E-state index contributed by atoms with van der Waals surface area (Å²) in [4.78, 5) is 34.2. The number of aromatic nitrogens is 3. The van der Waals surface area contributed by atoms with Crippen molar-refractivity contribution >= 4 is 28.3 Å². The molecule has 5 rings (SSSR count). The third kappa shape index (κ3) is 4.95. The maximum atomic E-state index is 13.2. The van der Waals surface area contributed by atoms with Gasteiger partial charge in [0.05, 0.1) is 5.69 Å². The Kier molecular flexibility index (Phi) is 6.29. The zero-order valence-corrected chi connectivity index (χ0v) is 19.1. The zero-order valence-electron chi connectivity index (χ0n) is 18.3. The molecular weight excluding hydrogens is 453 g/mol. The number of hydrogen-bond donors (Lipinski definition) is 0. The molecule has 0 radical (unpaired) electrons. The van der Waals surface area contributed by atoms with Crippen LogP contribution in [-0.2, 0) is 11.3 Å². The molecule has 1 aliphatic heterocycles. The zero-order chi connectivity index (χ0) is 23.5. The highest BCUT2D eigenvalue weighted by Gasteiger charge is 2.21. The van der Waals surface area contributed by atoms with Gasteiger partial charge in [-0.1, -0.05) is 41.7 Å². The van der Waals surface area contributed by atoms with Crippen molar-refractivity contribution in [2.75, 3.05) is 26.2 Å². The summed E-state index contributed by atoms with van der Waals surface area (Å²) in [7, 11) is 0. The van der Waals surface area contributed by atoms with Crippen LogP contribution in [0.5, 0.6) is 0 Å². The summed E-state index contributed by atoms with van der Waals surface area (Å²) >= 11 is 1.29. The topological polar surface area (TPSA) is 70.8 Å². The minimum Gasteiger partial charge on any atom is -0.337 e. The Bertz CT molecular complexity index is 1390. The van der Waals surface area contributed by atoms with Gasteiger partial charge in [0.2, 0.25) is 10.9 Å². The van der Waals surface area contributed by atoms with Crippen LogP contribution in [0.15, 0.2) is 71.5 Å². The molecule has 0 saturated carbocycles. The van der Waals surface area contributed by atoms with E-state index in [0.29, 0.717) is 48.4 Å². The Morgan fingerprint density at radius 3 is 2.50 bits per heavy atom. The molecule has 172 valence electrons. The van der Waals surface area contributed by atoms with Gasteiger partial charge in [-0.2, -0.15) is 9.61 Å². The highest BCUT2D eigenvalue weighted by atomic mass is 32.1. The second-order valence-electron chi connectivity index (χ2n) is 8.04. The predicted molar refractivity (Wildman–Crippen MR) is 130 cm³/mol. The Hall–Kier alpha value is -3.69. The lowest BCUT2D eigenvalue weighted by atomic mass is 10.2. The van der Waals surface area contributed by atoms with E-state index < -0.39 is 0 Å². The van der Waals surface area contributed by atoms with Gasteiger partial charge < -0.3 is 4.90 Å². The fourth-order valence-electron chi connectivity index (χ4n) is 3.84. The van der Waals surface area contributed by atoms with Gasteiger partial charge in [-0.05, 0) is 35.9 Å². The molecule has 0 aliphatic carbocycles. The van der Waals surface area contributed by atoms with Crippen LogP contribution in [0.4, 0.5) is 4.39 Å². The smallest absolute Gasteiger partial charge is 0.275 e. The first-order valence-corrected chi connectivity index (χ1v) is 11.8. The molecule has 1 saturated heterocycles. The quantitative estimate of drug-likeness (QED) is 0.414. The molecule has 2 aromatic heterocycles. The molecule has 7 nitrogen and oxygen atoms in total. The number of fused-ring (bicyclic) bond motifs is 1. The maximum absolute atomic E-state index is 13.2. The van der Waals surface area contributed by atoms with E-state index in [9.17, 15) is 14.0 Å². The van der Waals surface area contributed by atoms with Crippen LogP contribution in [0.2, 0.25) is 0 Å². The van der Waals surface area contributed by atoms with E-state index in [4.69, 9.17) is 0 Å². The maximum Gasteiger partial charge on any atom is 0.275 e. The second kappa shape index (κ2) is 9.66. The third-order valence-electron chi connectivity index (χ3n) is 5.68. The Morgan fingerprint density at radius 1 is 1.03 bits per heavy atom. The molecule has 0 spiro atoms. The van der Waals surface area contributed by atoms with Gasteiger partial charge in [0.15, 0.2) is 0 Å². The van der Waals surface area contributed by atoms with E-state index in [-0.39, 0.29) is 17.3 Å². The average molecular weight is 476 g/mol. The van der Waals surface area contributed by atoms with Crippen LogP contribution in [-0.4, -0.2) is 56.5 Å². The number of nitrogens with zero attached hydrogens (tertiary/aromatic N) is 5. The van der Waals surface area contributed by atoms with Crippen molar-refractivity contribution in [3.63, 3.8) is 0 Å². The van der Waals surface area contributed by atoms with Gasteiger partial charge >= 0.3 is 0 Å². The van der Waals surface area contributed by atoms with E-state index in [1.54, 1.807) is 18.2 Å². The number of carbonyl (C=O) groups is 1. The Balaban J connectivity index is 1.23. The molecule has 1 aliphatic rings. The lowest BCUT2D eigenvalue weighted by molar-refractivity contribution is -0.127. The number of piperazine rings is 1. The van der Waals surface area contributed by atoms with Gasteiger partial charge in [-0.25, -0.2) is 9.37 Å². The summed E-state index contributed by atoms with van der Waals surface area (Å²) < 4.78 is 14.5. The summed E-state index contributed by atoms with van der Waals surface area (Å²) in [5.74, 6) is -0.323. The van der Waals surface area contributed by atoms with Crippen molar-refractivity contribution in [2.24, 2.45) is 0 Å². The molecule has 0 bridgehead atoms.